The molecule has 1 saturated heterocycles. The van der Waals surface area contributed by atoms with E-state index >= 15 is 0 Å². The van der Waals surface area contributed by atoms with E-state index in [0.717, 1.165) is 24.9 Å². The number of rotatable bonds is 6. The molecule has 0 radical (unpaired) electrons. The summed E-state index contributed by atoms with van der Waals surface area (Å²) in [6, 6.07) is 8.23. The summed E-state index contributed by atoms with van der Waals surface area (Å²) >= 11 is 0. The van der Waals surface area contributed by atoms with Gasteiger partial charge in [-0.3, -0.25) is 4.79 Å². The molecule has 118 valence electrons. The monoisotopic (exact) mass is 301 g/mol. The van der Waals surface area contributed by atoms with Crippen LogP contribution in [0.2, 0.25) is 0 Å². The summed E-state index contributed by atoms with van der Waals surface area (Å²) in [5.41, 5.74) is 1.97. The second-order valence-corrected chi connectivity index (χ2v) is 6.01. The van der Waals surface area contributed by atoms with Crippen molar-refractivity contribution in [1.29, 1.82) is 0 Å². The number of benzene rings is 1. The number of fused-ring (bicyclic) bond motifs is 1. The number of nitrogens with one attached hydrogen (secondary N) is 3. The first kappa shape index (κ1) is 15.1. The second-order valence-electron chi connectivity index (χ2n) is 6.01. The topological polar surface area (TPSA) is 66.1 Å². The van der Waals surface area contributed by atoms with Crippen LogP contribution in [-0.2, 0) is 16.0 Å². The third-order valence-corrected chi connectivity index (χ3v) is 4.50. The summed E-state index contributed by atoms with van der Waals surface area (Å²) in [5.74, 6) is 0.0965. The molecule has 0 bridgehead atoms. The highest BCUT2D eigenvalue weighted by Gasteiger charge is 2.41. The fourth-order valence-corrected chi connectivity index (χ4v) is 3.24. The van der Waals surface area contributed by atoms with E-state index in [1.165, 1.54) is 10.9 Å². The average Bonchev–Trinajstić information content (AvgIpc) is 3.16. The number of aromatic amines is 1. The number of hydrogen-bond donors (Lipinski definition) is 3. The maximum atomic E-state index is 12.5. The van der Waals surface area contributed by atoms with Crippen LogP contribution in [0, 0.1) is 5.41 Å². The molecule has 1 aromatic heterocycles. The Morgan fingerprint density at radius 2 is 2.27 bits per heavy atom. The molecule has 1 fully saturated rings. The van der Waals surface area contributed by atoms with Gasteiger partial charge in [0.15, 0.2) is 0 Å². The van der Waals surface area contributed by atoms with Crippen LogP contribution in [0.1, 0.15) is 12.0 Å². The first-order chi connectivity index (χ1) is 10.7. The first-order valence-corrected chi connectivity index (χ1v) is 7.78. The van der Waals surface area contributed by atoms with E-state index in [-0.39, 0.29) is 5.91 Å². The number of para-hydroxylation sites is 1. The van der Waals surface area contributed by atoms with Gasteiger partial charge in [0, 0.05) is 37.3 Å². The molecular formula is C17H23N3O2. The lowest BCUT2D eigenvalue weighted by Crippen LogP contribution is -2.46. The predicted molar refractivity (Wildman–Crippen MR) is 86.8 cm³/mol. The van der Waals surface area contributed by atoms with Crippen LogP contribution in [0.5, 0.6) is 0 Å². The van der Waals surface area contributed by atoms with E-state index in [0.29, 0.717) is 19.7 Å². The molecule has 1 amide bonds. The lowest BCUT2D eigenvalue weighted by atomic mass is 9.87. The molecule has 5 nitrogen and oxygen atoms in total. The molecular weight excluding hydrogens is 278 g/mol. The van der Waals surface area contributed by atoms with Gasteiger partial charge in [-0.2, -0.15) is 0 Å². The molecule has 0 spiro atoms. The minimum atomic E-state index is -0.408. The summed E-state index contributed by atoms with van der Waals surface area (Å²) in [6.07, 6.45) is 3.69. The van der Waals surface area contributed by atoms with Crippen LogP contribution >= 0.6 is 0 Å². The molecule has 1 aliphatic heterocycles. The number of H-pyrrole nitrogens is 1. The van der Waals surface area contributed by atoms with Crippen molar-refractivity contribution in [2.24, 2.45) is 5.41 Å². The van der Waals surface area contributed by atoms with Crippen molar-refractivity contribution < 1.29 is 9.53 Å². The van der Waals surface area contributed by atoms with Gasteiger partial charge in [-0.05, 0) is 31.0 Å². The van der Waals surface area contributed by atoms with E-state index < -0.39 is 5.41 Å². The van der Waals surface area contributed by atoms with Gasteiger partial charge in [-0.25, -0.2) is 0 Å². The Balaban J connectivity index is 1.59. The molecule has 3 rings (SSSR count). The Morgan fingerprint density at radius 3 is 3.05 bits per heavy atom. The Kier molecular flexibility index (Phi) is 4.45. The molecule has 1 aliphatic rings. The number of methoxy groups -OCH3 is 1. The Labute approximate surface area is 130 Å². The number of amides is 1. The zero-order chi connectivity index (χ0) is 15.4. The van der Waals surface area contributed by atoms with Gasteiger partial charge in [0.05, 0.1) is 12.0 Å². The summed E-state index contributed by atoms with van der Waals surface area (Å²) in [6.45, 7) is 2.68. The van der Waals surface area contributed by atoms with Crippen molar-refractivity contribution in [3.05, 3.63) is 36.0 Å². The molecule has 22 heavy (non-hydrogen) atoms. The zero-order valence-corrected chi connectivity index (χ0v) is 12.9. The Bertz CT molecular complexity index is 644. The molecule has 0 aliphatic carbocycles. The van der Waals surface area contributed by atoms with Gasteiger partial charge in [-0.15, -0.1) is 0 Å². The summed E-state index contributed by atoms with van der Waals surface area (Å²) in [7, 11) is 1.65. The van der Waals surface area contributed by atoms with Gasteiger partial charge < -0.3 is 20.4 Å². The van der Waals surface area contributed by atoms with Crippen LogP contribution in [0.3, 0.4) is 0 Å². The van der Waals surface area contributed by atoms with Crippen molar-refractivity contribution >= 4 is 16.8 Å². The van der Waals surface area contributed by atoms with Crippen molar-refractivity contribution in [2.45, 2.75) is 12.8 Å². The number of carbonyl (C=O) groups excluding carboxylic acids is 1. The number of carbonyl (C=O) groups is 1. The van der Waals surface area contributed by atoms with Crippen LogP contribution in [0.25, 0.3) is 10.9 Å². The zero-order valence-electron chi connectivity index (χ0n) is 12.9. The molecule has 2 aromatic rings. The first-order valence-electron chi connectivity index (χ1n) is 7.78. The highest BCUT2D eigenvalue weighted by molar-refractivity contribution is 5.84. The van der Waals surface area contributed by atoms with Gasteiger partial charge in [0.2, 0.25) is 5.91 Å². The molecule has 5 heteroatoms. The van der Waals surface area contributed by atoms with Crippen LogP contribution in [-0.4, -0.2) is 44.2 Å². The van der Waals surface area contributed by atoms with Crippen LogP contribution in [0.4, 0.5) is 0 Å². The van der Waals surface area contributed by atoms with Crippen LogP contribution < -0.4 is 10.6 Å². The number of aromatic nitrogens is 1. The van der Waals surface area contributed by atoms with Gasteiger partial charge in [0.25, 0.3) is 0 Å². The van der Waals surface area contributed by atoms with E-state index in [2.05, 4.69) is 27.8 Å². The SMILES string of the molecule is COCC1(C(=O)NCCc2c[nH]c3ccccc23)CCNC1. The Morgan fingerprint density at radius 1 is 1.41 bits per heavy atom. The Hall–Kier alpha value is -1.85. The maximum absolute atomic E-state index is 12.5. The lowest BCUT2D eigenvalue weighted by Gasteiger charge is -2.25. The third kappa shape index (κ3) is 2.87. The molecule has 2 heterocycles. The minimum Gasteiger partial charge on any atom is -0.384 e. The fraction of sp³-hybridized carbons (Fsp3) is 0.471. The van der Waals surface area contributed by atoms with Gasteiger partial charge >= 0.3 is 0 Å². The summed E-state index contributed by atoms with van der Waals surface area (Å²) in [5, 5.41) is 7.57. The second kappa shape index (κ2) is 6.50. The van der Waals surface area contributed by atoms with E-state index in [4.69, 9.17) is 4.74 Å². The standard InChI is InChI=1S/C17H23N3O2/c1-22-12-17(7-9-18-11-17)16(21)19-8-6-13-10-20-15-5-3-2-4-14(13)15/h2-5,10,18,20H,6-9,11-12H2,1H3,(H,19,21). The van der Waals surface area contributed by atoms with Crippen molar-refractivity contribution in [1.82, 2.24) is 15.6 Å². The van der Waals surface area contributed by atoms with Gasteiger partial charge in [-0.1, -0.05) is 18.2 Å². The third-order valence-electron chi connectivity index (χ3n) is 4.50. The van der Waals surface area contributed by atoms with Gasteiger partial charge in [0.1, 0.15) is 0 Å². The molecule has 1 atom stereocenters. The smallest absolute Gasteiger partial charge is 0.229 e. The maximum Gasteiger partial charge on any atom is 0.229 e. The minimum absolute atomic E-state index is 0.0965. The number of hydrogen-bond acceptors (Lipinski definition) is 3. The average molecular weight is 301 g/mol. The highest BCUT2D eigenvalue weighted by atomic mass is 16.5. The predicted octanol–water partition coefficient (Wildman–Crippen LogP) is 1.45. The lowest BCUT2D eigenvalue weighted by molar-refractivity contribution is -0.132. The van der Waals surface area contributed by atoms with E-state index in [1.807, 2.05) is 18.3 Å². The summed E-state index contributed by atoms with van der Waals surface area (Å²) in [4.78, 5) is 15.8. The molecule has 0 saturated carbocycles. The van der Waals surface area contributed by atoms with Crippen molar-refractivity contribution in [3.8, 4) is 0 Å². The molecule has 1 unspecified atom stereocenters. The van der Waals surface area contributed by atoms with E-state index in [1.54, 1.807) is 7.11 Å². The van der Waals surface area contributed by atoms with Crippen molar-refractivity contribution in [3.63, 3.8) is 0 Å². The normalized spacial score (nSPS) is 21.3. The quantitative estimate of drug-likeness (QED) is 0.756. The molecule has 1 aromatic carbocycles. The number of ether oxygens (including phenoxy) is 1. The fourth-order valence-electron chi connectivity index (χ4n) is 3.24. The van der Waals surface area contributed by atoms with E-state index in [9.17, 15) is 4.79 Å². The largest absolute Gasteiger partial charge is 0.384 e. The summed E-state index contributed by atoms with van der Waals surface area (Å²) < 4.78 is 5.25. The highest BCUT2D eigenvalue weighted by Crippen LogP contribution is 2.26. The van der Waals surface area contributed by atoms with Crippen molar-refractivity contribution in [2.75, 3.05) is 33.4 Å². The van der Waals surface area contributed by atoms with Crippen LogP contribution in [0.15, 0.2) is 30.5 Å². The molecule has 3 N–H and O–H groups in total.